The molecule has 0 aromatic rings. The van der Waals surface area contributed by atoms with Crippen LogP contribution in [0.2, 0.25) is 0 Å². The summed E-state index contributed by atoms with van der Waals surface area (Å²) in [4.78, 5) is 2.23. The van der Waals surface area contributed by atoms with Crippen molar-refractivity contribution in [3.8, 4) is 0 Å². The van der Waals surface area contributed by atoms with Gasteiger partial charge in [-0.2, -0.15) is 13.2 Å². The average molecular weight is 236 g/mol. The van der Waals surface area contributed by atoms with E-state index < -0.39 is 12.1 Å². The van der Waals surface area contributed by atoms with Crippen molar-refractivity contribution in [3.05, 3.63) is 0 Å². The molecular formula is C11H19F3N2. The summed E-state index contributed by atoms with van der Waals surface area (Å²) in [5, 5.41) is 3.23. The molecule has 94 valence electrons. The van der Waals surface area contributed by atoms with Crippen molar-refractivity contribution in [2.45, 2.75) is 37.9 Å². The van der Waals surface area contributed by atoms with Gasteiger partial charge in [-0.15, -0.1) is 0 Å². The van der Waals surface area contributed by atoms with Crippen LogP contribution in [0.5, 0.6) is 0 Å². The van der Waals surface area contributed by atoms with Gasteiger partial charge in [-0.05, 0) is 19.3 Å². The molecule has 0 aromatic carbocycles. The largest absolute Gasteiger partial charge is 0.391 e. The number of piperazine rings is 1. The number of hydrogen-bond acceptors (Lipinski definition) is 2. The Hall–Kier alpha value is -0.290. The Morgan fingerprint density at radius 3 is 2.38 bits per heavy atom. The van der Waals surface area contributed by atoms with Crippen molar-refractivity contribution in [2.75, 3.05) is 26.2 Å². The van der Waals surface area contributed by atoms with Crippen molar-refractivity contribution in [1.82, 2.24) is 10.2 Å². The lowest BCUT2D eigenvalue weighted by atomic mass is 9.84. The molecule has 0 bridgehead atoms. The minimum atomic E-state index is -3.99. The topological polar surface area (TPSA) is 15.3 Å². The lowest BCUT2D eigenvalue weighted by Gasteiger charge is -2.40. The molecule has 0 amide bonds. The summed E-state index contributed by atoms with van der Waals surface area (Å²) in [6, 6.07) is 0.155. The van der Waals surface area contributed by atoms with Crippen molar-refractivity contribution in [3.63, 3.8) is 0 Å². The van der Waals surface area contributed by atoms with Gasteiger partial charge in [-0.25, -0.2) is 0 Å². The van der Waals surface area contributed by atoms with Crippen LogP contribution in [-0.2, 0) is 0 Å². The third kappa shape index (κ3) is 2.88. The zero-order valence-electron chi connectivity index (χ0n) is 9.39. The third-order valence-electron chi connectivity index (χ3n) is 3.78. The molecule has 1 aliphatic heterocycles. The molecule has 1 heterocycles. The van der Waals surface area contributed by atoms with Crippen LogP contribution >= 0.6 is 0 Å². The van der Waals surface area contributed by atoms with Crippen LogP contribution in [0.4, 0.5) is 13.2 Å². The lowest BCUT2D eigenvalue weighted by Crippen LogP contribution is -2.50. The molecule has 1 N–H and O–H groups in total. The van der Waals surface area contributed by atoms with E-state index in [1.54, 1.807) is 0 Å². The van der Waals surface area contributed by atoms with Crippen molar-refractivity contribution in [1.29, 1.82) is 0 Å². The van der Waals surface area contributed by atoms with E-state index >= 15 is 0 Å². The highest BCUT2D eigenvalue weighted by Gasteiger charge is 2.43. The highest BCUT2D eigenvalue weighted by molar-refractivity contribution is 4.85. The minimum absolute atomic E-state index is 0.155. The maximum Gasteiger partial charge on any atom is 0.391 e. The number of alkyl halides is 3. The molecule has 2 nitrogen and oxygen atoms in total. The Kier molecular flexibility index (Phi) is 3.74. The highest BCUT2D eigenvalue weighted by atomic mass is 19.4. The molecule has 2 atom stereocenters. The average Bonchev–Trinajstić information content (AvgIpc) is 2.29. The van der Waals surface area contributed by atoms with Crippen LogP contribution in [0.25, 0.3) is 0 Å². The smallest absolute Gasteiger partial charge is 0.314 e. The van der Waals surface area contributed by atoms with Gasteiger partial charge >= 0.3 is 6.18 Å². The highest BCUT2D eigenvalue weighted by Crippen LogP contribution is 2.38. The predicted octanol–water partition coefficient (Wildman–Crippen LogP) is 2.01. The summed E-state index contributed by atoms with van der Waals surface area (Å²) in [5.74, 6) is -1.07. The second kappa shape index (κ2) is 4.92. The Bertz CT molecular complexity index is 224. The molecule has 2 rings (SSSR count). The van der Waals surface area contributed by atoms with Crippen LogP contribution in [0, 0.1) is 5.92 Å². The van der Waals surface area contributed by atoms with E-state index in [0.717, 1.165) is 39.0 Å². The number of rotatable bonds is 1. The summed E-state index contributed by atoms with van der Waals surface area (Å²) in [6.45, 7) is 3.62. The van der Waals surface area contributed by atoms with E-state index in [1.807, 2.05) is 0 Å². The summed E-state index contributed by atoms with van der Waals surface area (Å²) >= 11 is 0. The van der Waals surface area contributed by atoms with Crippen LogP contribution in [0.1, 0.15) is 25.7 Å². The van der Waals surface area contributed by atoms with Crippen molar-refractivity contribution < 1.29 is 13.2 Å². The first-order valence-electron chi connectivity index (χ1n) is 6.09. The molecule has 0 radical (unpaired) electrons. The molecule has 2 fully saturated rings. The predicted molar refractivity (Wildman–Crippen MR) is 56.2 cm³/mol. The Balaban J connectivity index is 1.90. The van der Waals surface area contributed by atoms with Crippen molar-refractivity contribution in [2.24, 2.45) is 5.92 Å². The van der Waals surface area contributed by atoms with Gasteiger partial charge in [0.25, 0.3) is 0 Å². The fourth-order valence-electron chi connectivity index (χ4n) is 2.84. The Morgan fingerprint density at radius 1 is 1.06 bits per heavy atom. The van der Waals surface area contributed by atoms with Gasteiger partial charge in [0, 0.05) is 32.2 Å². The van der Waals surface area contributed by atoms with Gasteiger partial charge in [-0.1, -0.05) is 6.42 Å². The summed E-state index contributed by atoms with van der Waals surface area (Å²) < 4.78 is 38.0. The second-order valence-corrected chi connectivity index (χ2v) is 4.84. The van der Waals surface area contributed by atoms with E-state index in [2.05, 4.69) is 10.2 Å². The normalized spacial score (nSPS) is 33.9. The molecule has 5 heteroatoms. The van der Waals surface area contributed by atoms with E-state index in [1.165, 1.54) is 0 Å². The standard InChI is InChI=1S/C11H19F3N2/c12-11(13,14)9-2-1-3-10(8-9)16-6-4-15-5-7-16/h9-10,15H,1-8H2. The molecule has 1 saturated carbocycles. The van der Waals surface area contributed by atoms with Crippen LogP contribution in [0.3, 0.4) is 0 Å². The summed E-state index contributed by atoms with van der Waals surface area (Å²) in [7, 11) is 0. The molecule has 2 unspecified atom stereocenters. The first-order valence-corrected chi connectivity index (χ1v) is 6.09. The number of nitrogens with zero attached hydrogens (tertiary/aromatic N) is 1. The SMILES string of the molecule is FC(F)(F)C1CCCC(N2CCNCC2)C1. The van der Waals surface area contributed by atoms with Gasteiger partial charge in [0.1, 0.15) is 0 Å². The number of nitrogens with one attached hydrogen (secondary N) is 1. The fourth-order valence-corrected chi connectivity index (χ4v) is 2.84. The van der Waals surface area contributed by atoms with Crippen LogP contribution in [0.15, 0.2) is 0 Å². The Labute approximate surface area is 94.2 Å². The van der Waals surface area contributed by atoms with E-state index in [4.69, 9.17) is 0 Å². The number of hydrogen-bond donors (Lipinski definition) is 1. The van der Waals surface area contributed by atoms with Crippen molar-refractivity contribution >= 4 is 0 Å². The number of halogens is 3. The van der Waals surface area contributed by atoms with E-state index in [0.29, 0.717) is 12.8 Å². The monoisotopic (exact) mass is 236 g/mol. The zero-order valence-corrected chi connectivity index (χ0v) is 9.39. The molecule has 1 aliphatic carbocycles. The lowest BCUT2D eigenvalue weighted by molar-refractivity contribution is -0.186. The minimum Gasteiger partial charge on any atom is -0.314 e. The van der Waals surface area contributed by atoms with Gasteiger partial charge in [0.2, 0.25) is 0 Å². The Morgan fingerprint density at radius 2 is 1.75 bits per heavy atom. The molecule has 0 spiro atoms. The first kappa shape index (κ1) is 12.2. The van der Waals surface area contributed by atoms with Gasteiger partial charge in [0.05, 0.1) is 5.92 Å². The quantitative estimate of drug-likeness (QED) is 0.749. The van der Waals surface area contributed by atoms with E-state index in [9.17, 15) is 13.2 Å². The van der Waals surface area contributed by atoms with Crippen LogP contribution in [-0.4, -0.2) is 43.3 Å². The molecular weight excluding hydrogens is 217 g/mol. The summed E-state index contributed by atoms with van der Waals surface area (Å²) in [6.07, 6.45) is -1.70. The fraction of sp³-hybridized carbons (Fsp3) is 1.00. The zero-order chi connectivity index (χ0) is 11.6. The molecule has 2 aliphatic rings. The maximum absolute atomic E-state index is 12.7. The van der Waals surface area contributed by atoms with Crippen LogP contribution < -0.4 is 5.32 Å². The molecule has 0 aromatic heterocycles. The maximum atomic E-state index is 12.7. The van der Waals surface area contributed by atoms with E-state index in [-0.39, 0.29) is 6.04 Å². The molecule has 16 heavy (non-hydrogen) atoms. The second-order valence-electron chi connectivity index (χ2n) is 4.84. The third-order valence-corrected chi connectivity index (χ3v) is 3.78. The first-order chi connectivity index (χ1) is 7.57. The summed E-state index contributed by atoms with van der Waals surface area (Å²) in [5.41, 5.74) is 0. The van der Waals surface area contributed by atoms with Gasteiger partial charge in [0.15, 0.2) is 0 Å². The van der Waals surface area contributed by atoms with Gasteiger partial charge in [-0.3, -0.25) is 4.90 Å². The molecule has 1 saturated heterocycles. The van der Waals surface area contributed by atoms with Gasteiger partial charge < -0.3 is 5.32 Å².